The van der Waals surface area contributed by atoms with Gasteiger partial charge in [-0.05, 0) is 43.0 Å². The largest absolute Gasteiger partial charge is 0.481 e. The van der Waals surface area contributed by atoms with Crippen LogP contribution < -0.4 is 21.3 Å². The van der Waals surface area contributed by atoms with Gasteiger partial charge >= 0.3 is 0 Å². The summed E-state index contributed by atoms with van der Waals surface area (Å²) in [7, 11) is 1.61. The minimum absolute atomic E-state index is 0.164. The van der Waals surface area contributed by atoms with E-state index >= 15 is 0 Å². The highest BCUT2D eigenvalue weighted by atomic mass is 16.5. The number of hydrogen-bond acceptors (Lipinski definition) is 5. The van der Waals surface area contributed by atoms with Gasteiger partial charge in [0.25, 0.3) is 5.56 Å². The van der Waals surface area contributed by atoms with Crippen LogP contribution in [0, 0.1) is 6.92 Å². The number of hydrogen-bond donors (Lipinski definition) is 3. The maximum atomic E-state index is 12.2. The molecule has 0 spiro atoms. The van der Waals surface area contributed by atoms with Crippen molar-refractivity contribution in [1.29, 1.82) is 0 Å². The van der Waals surface area contributed by atoms with Crippen molar-refractivity contribution in [2.45, 2.75) is 46.7 Å². The maximum absolute atomic E-state index is 12.2. The first-order chi connectivity index (χ1) is 11.5. The Morgan fingerprint density at radius 2 is 1.92 bits per heavy atom. The van der Waals surface area contributed by atoms with Crippen molar-refractivity contribution in [3.05, 3.63) is 50.6 Å². The lowest BCUT2D eigenvalue weighted by Gasteiger charge is -2.14. The predicted octanol–water partition coefficient (Wildman–Crippen LogP) is 2.28. The highest BCUT2D eigenvalue weighted by molar-refractivity contribution is 5.47. The lowest BCUT2D eigenvalue weighted by atomic mass is 10.1. The zero-order chi connectivity index (χ0) is 17.7. The molecule has 0 aliphatic heterocycles. The van der Waals surface area contributed by atoms with Gasteiger partial charge in [-0.1, -0.05) is 13.8 Å². The molecular weight excluding hydrogens is 304 g/mol. The Morgan fingerprint density at radius 3 is 2.50 bits per heavy atom. The number of aryl methyl sites for hydroxylation is 3. The number of aromatic nitrogens is 2. The van der Waals surface area contributed by atoms with Crippen LogP contribution in [0.2, 0.25) is 0 Å². The van der Waals surface area contributed by atoms with E-state index in [0.29, 0.717) is 24.7 Å². The van der Waals surface area contributed by atoms with Crippen molar-refractivity contribution in [3.8, 4) is 5.88 Å². The van der Waals surface area contributed by atoms with Crippen molar-refractivity contribution in [2.24, 2.45) is 5.73 Å². The van der Waals surface area contributed by atoms with Crippen LogP contribution in [0.1, 0.15) is 41.9 Å². The first-order valence-electron chi connectivity index (χ1n) is 8.26. The van der Waals surface area contributed by atoms with Crippen LogP contribution in [-0.2, 0) is 25.9 Å². The second-order valence-corrected chi connectivity index (χ2v) is 5.68. The summed E-state index contributed by atoms with van der Waals surface area (Å²) in [6.45, 7) is 6.91. The summed E-state index contributed by atoms with van der Waals surface area (Å²) in [4.78, 5) is 19.5. The summed E-state index contributed by atoms with van der Waals surface area (Å²) >= 11 is 0. The third-order valence-corrected chi connectivity index (χ3v) is 4.20. The fourth-order valence-corrected chi connectivity index (χ4v) is 2.76. The van der Waals surface area contributed by atoms with Gasteiger partial charge in [-0.2, -0.15) is 0 Å². The Morgan fingerprint density at radius 1 is 1.21 bits per heavy atom. The van der Waals surface area contributed by atoms with Gasteiger partial charge in [-0.25, -0.2) is 4.98 Å². The van der Waals surface area contributed by atoms with Gasteiger partial charge in [0.1, 0.15) is 5.69 Å². The van der Waals surface area contributed by atoms with E-state index in [1.165, 1.54) is 5.56 Å². The highest BCUT2D eigenvalue weighted by Gasteiger charge is 2.11. The molecule has 6 heteroatoms. The quantitative estimate of drug-likeness (QED) is 0.724. The molecule has 0 saturated carbocycles. The van der Waals surface area contributed by atoms with E-state index in [0.717, 1.165) is 35.4 Å². The summed E-state index contributed by atoms with van der Waals surface area (Å²) in [5, 5.41) is 3.20. The fraction of sp³-hybridized carbons (Fsp3) is 0.444. The molecule has 130 valence electrons. The van der Waals surface area contributed by atoms with Crippen LogP contribution in [0.4, 0.5) is 5.69 Å². The van der Waals surface area contributed by atoms with Crippen LogP contribution in [0.15, 0.2) is 16.9 Å². The van der Waals surface area contributed by atoms with Gasteiger partial charge in [0.2, 0.25) is 5.88 Å². The van der Waals surface area contributed by atoms with Crippen LogP contribution in [0.25, 0.3) is 0 Å². The minimum Gasteiger partial charge on any atom is -0.481 e. The second-order valence-electron chi connectivity index (χ2n) is 5.68. The van der Waals surface area contributed by atoms with E-state index in [1.54, 1.807) is 7.11 Å². The average molecular weight is 330 g/mol. The molecule has 0 bridgehead atoms. The molecule has 0 amide bonds. The molecule has 0 saturated heterocycles. The molecule has 0 unspecified atom stereocenters. The minimum atomic E-state index is -0.164. The normalized spacial score (nSPS) is 10.7. The van der Waals surface area contributed by atoms with Gasteiger partial charge in [0, 0.05) is 30.0 Å². The number of aromatic amines is 1. The molecule has 0 atom stereocenters. The first-order valence-corrected chi connectivity index (χ1v) is 8.26. The highest BCUT2D eigenvalue weighted by Crippen LogP contribution is 2.21. The summed E-state index contributed by atoms with van der Waals surface area (Å²) in [5.41, 5.74) is 11.0. The van der Waals surface area contributed by atoms with Gasteiger partial charge in [0.05, 0.1) is 7.11 Å². The van der Waals surface area contributed by atoms with E-state index in [2.05, 4.69) is 28.3 Å². The Labute approximate surface area is 142 Å². The topological polar surface area (TPSA) is 93.0 Å². The van der Waals surface area contributed by atoms with E-state index in [9.17, 15) is 4.79 Å². The predicted molar refractivity (Wildman–Crippen MR) is 96.6 cm³/mol. The summed E-state index contributed by atoms with van der Waals surface area (Å²) in [5.74, 6) is 0.586. The molecule has 0 radical (unpaired) electrons. The number of methoxy groups -OCH3 is 1. The number of nitrogens with two attached hydrogens (primary N) is 1. The number of rotatable bonds is 7. The second kappa shape index (κ2) is 7.97. The molecule has 0 fully saturated rings. The molecular formula is C18H26N4O2. The van der Waals surface area contributed by atoms with Gasteiger partial charge in [0.15, 0.2) is 0 Å². The lowest BCUT2D eigenvalue weighted by molar-refractivity contribution is 0.391. The number of pyridine rings is 2. The summed E-state index contributed by atoms with van der Waals surface area (Å²) in [6, 6.07) is 3.95. The van der Waals surface area contributed by atoms with Gasteiger partial charge in [-0.3, -0.25) is 4.79 Å². The number of anilines is 1. The maximum Gasteiger partial charge on any atom is 0.271 e. The number of ether oxygens (including phenoxy) is 1. The van der Waals surface area contributed by atoms with E-state index < -0.39 is 0 Å². The van der Waals surface area contributed by atoms with E-state index in [1.807, 2.05) is 19.9 Å². The first kappa shape index (κ1) is 18.0. The van der Waals surface area contributed by atoms with Crippen molar-refractivity contribution >= 4 is 5.69 Å². The standard InChI is InChI=1S/C18H26N4O2/c1-5-12-7-14(18(24-4)21-11(12)3)10-20-15-8-13(6-2)16(9-19)22-17(15)23/h7-8,20H,5-6,9-10,19H2,1-4H3,(H,22,23). The van der Waals surface area contributed by atoms with Crippen molar-refractivity contribution in [1.82, 2.24) is 9.97 Å². The number of nitrogens with one attached hydrogen (secondary N) is 2. The van der Waals surface area contributed by atoms with Crippen LogP contribution in [0.3, 0.4) is 0 Å². The smallest absolute Gasteiger partial charge is 0.271 e. The number of H-pyrrole nitrogens is 1. The summed E-state index contributed by atoms with van der Waals surface area (Å²) < 4.78 is 5.37. The molecule has 24 heavy (non-hydrogen) atoms. The molecule has 0 aliphatic carbocycles. The molecule has 0 aromatic carbocycles. The van der Waals surface area contributed by atoms with Crippen molar-refractivity contribution in [3.63, 3.8) is 0 Å². The van der Waals surface area contributed by atoms with Crippen molar-refractivity contribution in [2.75, 3.05) is 12.4 Å². The zero-order valence-electron chi connectivity index (χ0n) is 14.8. The zero-order valence-corrected chi connectivity index (χ0v) is 14.8. The lowest BCUT2D eigenvalue weighted by Crippen LogP contribution is -2.19. The molecule has 2 aromatic rings. The van der Waals surface area contributed by atoms with Gasteiger partial charge < -0.3 is 20.8 Å². The number of nitrogens with zero attached hydrogens (tertiary/aromatic N) is 1. The third-order valence-electron chi connectivity index (χ3n) is 4.20. The van der Waals surface area contributed by atoms with Gasteiger partial charge in [-0.15, -0.1) is 0 Å². The Kier molecular flexibility index (Phi) is 5.98. The Balaban J connectivity index is 2.29. The molecule has 6 nitrogen and oxygen atoms in total. The fourth-order valence-electron chi connectivity index (χ4n) is 2.76. The molecule has 2 aromatic heterocycles. The van der Waals surface area contributed by atoms with Crippen LogP contribution >= 0.6 is 0 Å². The third kappa shape index (κ3) is 3.76. The summed E-state index contributed by atoms with van der Waals surface area (Å²) in [6.07, 6.45) is 1.72. The Bertz CT molecular complexity index is 768. The van der Waals surface area contributed by atoms with Crippen LogP contribution in [0.5, 0.6) is 5.88 Å². The molecule has 4 N–H and O–H groups in total. The van der Waals surface area contributed by atoms with E-state index in [4.69, 9.17) is 10.5 Å². The van der Waals surface area contributed by atoms with E-state index in [-0.39, 0.29) is 5.56 Å². The van der Waals surface area contributed by atoms with Crippen LogP contribution in [-0.4, -0.2) is 17.1 Å². The van der Waals surface area contributed by atoms with Crippen molar-refractivity contribution < 1.29 is 4.74 Å². The Hall–Kier alpha value is -2.34. The monoisotopic (exact) mass is 330 g/mol. The average Bonchev–Trinajstić information content (AvgIpc) is 2.60. The SMILES string of the molecule is CCc1cc(CNc2cc(CC)c(CN)[nH]c2=O)c(OC)nc1C. The molecule has 0 aliphatic rings. The molecule has 2 rings (SSSR count). The molecule has 2 heterocycles.